The van der Waals surface area contributed by atoms with Gasteiger partial charge in [-0.2, -0.15) is 0 Å². The number of nitrogen functional groups attached to an aromatic ring is 1. The van der Waals surface area contributed by atoms with Crippen molar-refractivity contribution in [3.05, 3.63) is 12.0 Å². The van der Waals surface area contributed by atoms with Crippen LogP contribution in [0.15, 0.2) is 6.20 Å². The topological polar surface area (TPSA) is 47.1 Å². The smallest absolute Gasteiger partial charge is 0.124 e. The van der Waals surface area contributed by atoms with Crippen molar-refractivity contribution in [2.75, 3.05) is 18.8 Å². The van der Waals surface area contributed by atoms with Crippen molar-refractivity contribution in [3.63, 3.8) is 0 Å². The summed E-state index contributed by atoms with van der Waals surface area (Å²) in [7, 11) is 0. The lowest BCUT2D eigenvalue weighted by atomic mass is 10.1. The van der Waals surface area contributed by atoms with Crippen LogP contribution in [0.5, 0.6) is 0 Å². The number of imidazole rings is 1. The zero-order chi connectivity index (χ0) is 10.7. The highest BCUT2D eigenvalue weighted by Crippen LogP contribution is 2.14. The van der Waals surface area contributed by atoms with Crippen molar-refractivity contribution in [3.8, 4) is 0 Å². The number of piperidine rings is 1. The number of rotatable bonds is 3. The van der Waals surface area contributed by atoms with Crippen molar-refractivity contribution in [1.82, 2.24) is 14.5 Å². The minimum atomic E-state index is 0.782. The Balaban J connectivity index is 2.02. The van der Waals surface area contributed by atoms with Crippen LogP contribution in [0.25, 0.3) is 0 Å². The van der Waals surface area contributed by atoms with Gasteiger partial charge in [0.2, 0.25) is 0 Å². The van der Waals surface area contributed by atoms with Gasteiger partial charge >= 0.3 is 0 Å². The lowest BCUT2D eigenvalue weighted by Crippen LogP contribution is -2.30. The molecule has 0 unspecified atom stereocenters. The molecule has 84 valence electrons. The van der Waals surface area contributed by atoms with Crippen molar-refractivity contribution in [2.45, 2.75) is 39.3 Å². The molecular formula is C11H20N4. The summed E-state index contributed by atoms with van der Waals surface area (Å²) >= 11 is 0. The normalized spacial score (nSPS) is 18.2. The van der Waals surface area contributed by atoms with Crippen LogP contribution >= 0.6 is 0 Å². The summed E-state index contributed by atoms with van der Waals surface area (Å²) in [6.45, 7) is 6.38. The first-order chi connectivity index (χ1) is 7.31. The van der Waals surface area contributed by atoms with Crippen LogP contribution in [0.4, 0.5) is 5.82 Å². The van der Waals surface area contributed by atoms with Crippen molar-refractivity contribution < 1.29 is 0 Å². The third-order valence-corrected chi connectivity index (χ3v) is 3.10. The molecule has 2 N–H and O–H groups in total. The molecule has 1 aromatic rings. The van der Waals surface area contributed by atoms with Gasteiger partial charge < -0.3 is 10.3 Å². The van der Waals surface area contributed by atoms with Gasteiger partial charge in [-0.05, 0) is 32.9 Å². The van der Waals surface area contributed by atoms with Crippen LogP contribution in [0.1, 0.15) is 32.0 Å². The van der Waals surface area contributed by atoms with Crippen LogP contribution in [0, 0.1) is 0 Å². The first-order valence-electron chi connectivity index (χ1n) is 5.83. The number of anilines is 1. The summed E-state index contributed by atoms with van der Waals surface area (Å²) in [6.07, 6.45) is 5.79. The van der Waals surface area contributed by atoms with Gasteiger partial charge in [0, 0.05) is 6.54 Å². The minimum Gasteiger partial charge on any atom is -0.384 e. The van der Waals surface area contributed by atoms with Gasteiger partial charge in [0.05, 0.1) is 12.7 Å². The summed E-state index contributed by atoms with van der Waals surface area (Å²) < 4.78 is 2.09. The lowest BCUT2D eigenvalue weighted by Gasteiger charge is -2.26. The van der Waals surface area contributed by atoms with E-state index in [0.717, 1.165) is 24.7 Å². The second-order valence-electron chi connectivity index (χ2n) is 4.18. The summed E-state index contributed by atoms with van der Waals surface area (Å²) in [5.41, 5.74) is 5.84. The van der Waals surface area contributed by atoms with Crippen molar-refractivity contribution >= 4 is 5.82 Å². The van der Waals surface area contributed by atoms with E-state index in [1.54, 1.807) is 6.20 Å². The molecular weight excluding hydrogens is 188 g/mol. The zero-order valence-electron chi connectivity index (χ0n) is 9.45. The van der Waals surface area contributed by atoms with E-state index < -0.39 is 0 Å². The molecule has 1 aliphatic rings. The molecule has 0 spiro atoms. The van der Waals surface area contributed by atoms with Gasteiger partial charge in [0.25, 0.3) is 0 Å². The minimum absolute atomic E-state index is 0.782. The first-order valence-corrected chi connectivity index (χ1v) is 5.83. The molecule has 4 heteroatoms. The van der Waals surface area contributed by atoms with Crippen LogP contribution in [-0.4, -0.2) is 27.5 Å². The van der Waals surface area contributed by atoms with Gasteiger partial charge in [-0.15, -0.1) is 0 Å². The molecule has 0 aromatic carbocycles. The maximum absolute atomic E-state index is 5.84. The van der Waals surface area contributed by atoms with E-state index in [0.29, 0.717) is 0 Å². The number of hydrogen-bond donors (Lipinski definition) is 1. The molecule has 0 bridgehead atoms. The lowest BCUT2D eigenvalue weighted by molar-refractivity contribution is 0.213. The third-order valence-electron chi connectivity index (χ3n) is 3.10. The Morgan fingerprint density at radius 1 is 1.33 bits per heavy atom. The summed E-state index contributed by atoms with van der Waals surface area (Å²) in [6, 6.07) is 0. The van der Waals surface area contributed by atoms with Crippen LogP contribution in [0.3, 0.4) is 0 Å². The molecule has 2 heterocycles. The maximum Gasteiger partial charge on any atom is 0.124 e. The van der Waals surface area contributed by atoms with E-state index in [-0.39, 0.29) is 0 Å². The van der Waals surface area contributed by atoms with E-state index in [1.807, 2.05) is 0 Å². The molecule has 1 aromatic heterocycles. The molecule has 15 heavy (non-hydrogen) atoms. The largest absolute Gasteiger partial charge is 0.384 e. The highest BCUT2D eigenvalue weighted by Gasteiger charge is 2.14. The number of likely N-dealkylation sites (tertiary alicyclic amines) is 1. The SMILES string of the molecule is CCn1c(N)cnc1CN1CCCCC1. The molecule has 4 nitrogen and oxygen atoms in total. The molecule has 0 saturated carbocycles. The fourth-order valence-electron chi connectivity index (χ4n) is 2.24. The second kappa shape index (κ2) is 4.66. The van der Waals surface area contributed by atoms with Crippen molar-refractivity contribution in [1.29, 1.82) is 0 Å². The Bertz CT molecular complexity index is 312. The van der Waals surface area contributed by atoms with E-state index >= 15 is 0 Å². The predicted octanol–water partition coefficient (Wildman–Crippen LogP) is 1.47. The first kappa shape index (κ1) is 10.5. The van der Waals surface area contributed by atoms with E-state index in [2.05, 4.69) is 21.4 Å². The molecule has 1 aliphatic heterocycles. The second-order valence-corrected chi connectivity index (χ2v) is 4.18. The number of nitrogens with two attached hydrogens (primary N) is 1. The number of aromatic nitrogens is 2. The van der Waals surface area contributed by atoms with E-state index in [1.165, 1.54) is 32.4 Å². The molecule has 0 radical (unpaired) electrons. The number of nitrogens with zero attached hydrogens (tertiary/aromatic N) is 3. The molecule has 2 rings (SSSR count). The highest BCUT2D eigenvalue weighted by molar-refractivity contribution is 5.27. The fraction of sp³-hybridized carbons (Fsp3) is 0.727. The highest BCUT2D eigenvalue weighted by atomic mass is 15.2. The molecule has 0 aliphatic carbocycles. The maximum atomic E-state index is 5.84. The molecule has 1 saturated heterocycles. The zero-order valence-corrected chi connectivity index (χ0v) is 9.45. The number of hydrogen-bond acceptors (Lipinski definition) is 3. The summed E-state index contributed by atoms with van der Waals surface area (Å²) in [4.78, 5) is 6.85. The Kier molecular flexibility index (Phi) is 3.26. The van der Waals surface area contributed by atoms with Gasteiger partial charge in [-0.3, -0.25) is 4.90 Å². The Morgan fingerprint density at radius 2 is 2.07 bits per heavy atom. The quantitative estimate of drug-likeness (QED) is 0.818. The van der Waals surface area contributed by atoms with Gasteiger partial charge in [0.1, 0.15) is 11.6 Å². The van der Waals surface area contributed by atoms with Gasteiger partial charge in [0.15, 0.2) is 0 Å². The van der Waals surface area contributed by atoms with Crippen LogP contribution < -0.4 is 5.73 Å². The average molecular weight is 208 g/mol. The van der Waals surface area contributed by atoms with Crippen LogP contribution in [0.2, 0.25) is 0 Å². The Labute approximate surface area is 91.1 Å². The summed E-state index contributed by atoms with van der Waals surface area (Å²) in [5, 5.41) is 0. The van der Waals surface area contributed by atoms with Gasteiger partial charge in [-0.1, -0.05) is 6.42 Å². The summed E-state index contributed by atoms with van der Waals surface area (Å²) in [5.74, 6) is 1.89. The fourth-order valence-corrected chi connectivity index (χ4v) is 2.24. The van der Waals surface area contributed by atoms with E-state index in [4.69, 9.17) is 5.73 Å². The Morgan fingerprint density at radius 3 is 2.73 bits per heavy atom. The predicted molar refractivity (Wildman–Crippen MR) is 61.4 cm³/mol. The molecule has 0 amide bonds. The van der Waals surface area contributed by atoms with Crippen LogP contribution in [-0.2, 0) is 13.1 Å². The average Bonchev–Trinajstić information content (AvgIpc) is 2.61. The monoisotopic (exact) mass is 208 g/mol. The van der Waals surface area contributed by atoms with Crippen molar-refractivity contribution in [2.24, 2.45) is 0 Å². The standard InChI is InChI=1S/C11H20N4/c1-2-15-10(12)8-13-11(15)9-14-6-4-3-5-7-14/h8H,2-7,9,12H2,1H3. The van der Waals surface area contributed by atoms with Gasteiger partial charge in [-0.25, -0.2) is 4.98 Å². The third kappa shape index (κ3) is 2.31. The Hall–Kier alpha value is -1.03. The van der Waals surface area contributed by atoms with E-state index in [9.17, 15) is 0 Å². The molecule has 1 fully saturated rings. The molecule has 0 atom stereocenters.